The fraction of sp³-hybridized carbons (Fsp3) is 0.407. The van der Waals surface area contributed by atoms with Crippen LogP contribution in [0.1, 0.15) is 24.8 Å². The Morgan fingerprint density at radius 3 is 2.76 bits per heavy atom. The molecule has 37 heavy (non-hydrogen) atoms. The summed E-state index contributed by atoms with van der Waals surface area (Å²) in [6.45, 7) is 1.16. The first-order valence-electron chi connectivity index (χ1n) is 12.6. The fourth-order valence-electron chi connectivity index (χ4n) is 5.21. The molecule has 10 nitrogen and oxygen atoms in total. The monoisotopic (exact) mass is 505 g/mol. The van der Waals surface area contributed by atoms with Gasteiger partial charge in [0.2, 0.25) is 5.91 Å². The number of esters is 2. The fourth-order valence-corrected chi connectivity index (χ4v) is 5.21. The zero-order valence-corrected chi connectivity index (χ0v) is 20.7. The van der Waals surface area contributed by atoms with Crippen LogP contribution in [-0.4, -0.2) is 72.2 Å². The highest BCUT2D eigenvalue weighted by molar-refractivity contribution is 5.91. The number of nitrogens with one attached hydrogen (secondary N) is 3. The van der Waals surface area contributed by atoms with Crippen LogP contribution in [0.2, 0.25) is 0 Å². The van der Waals surface area contributed by atoms with Crippen molar-refractivity contribution in [3.63, 3.8) is 0 Å². The summed E-state index contributed by atoms with van der Waals surface area (Å²) in [6.07, 6.45) is 6.97. The number of benzene rings is 1. The van der Waals surface area contributed by atoms with Crippen molar-refractivity contribution in [2.75, 3.05) is 25.1 Å². The van der Waals surface area contributed by atoms with E-state index in [0.29, 0.717) is 13.0 Å². The second-order valence-electron chi connectivity index (χ2n) is 9.47. The van der Waals surface area contributed by atoms with E-state index >= 15 is 0 Å². The molecule has 2 saturated heterocycles. The minimum Gasteiger partial charge on any atom is -0.467 e. The molecule has 5 rings (SSSR count). The summed E-state index contributed by atoms with van der Waals surface area (Å²) in [4.78, 5) is 48.1. The number of para-hydroxylation sites is 1. The Bertz CT molecular complexity index is 1260. The van der Waals surface area contributed by atoms with E-state index in [9.17, 15) is 14.4 Å². The first kappa shape index (κ1) is 24.8. The largest absolute Gasteiger partial charge is 0.467 e. The van der Waals surface area contributed by atoms with Crippen LogP contribution >= 0.6 is 0 Å². The van der Waals surface area contributed by atoms with Gasteiger partial charge in [0, 0.05) is 48.0 Å². The van der Waals surface area contributed by atoms with Crippen LogP contribution in [0.3, 0.4) is 0 Å². The molecule has 2 aliphatic rings. The van der Waals surface area contributed by atoms with Gasteiger partial charge in [-0.2, -0.15) is 0 Å². The zero-order chi connectivity index (χ0) is 25.8. The number of nitrogens with zero attached hydrogens (tertiary/aromatic N) is 2. The molecule has 4 atom stereocenters. The van der Waals surface area contributed by atoms with Gasteiger partial charge in [0.15, 0.2) is 0 Å². The molecule has 194 valence electrons. The quantitative estimate of drug-likeness (QED) is 0.395. The van der Waals surface area contributed by atoms with E-state index in [2.05, 4.69) is 20.6 Å². The molecule has 4 heterocycles. The van der Waals surface area contributed by atoms with E-state index < -0.39 is 24.2 Å². The second-order valence-corrected chi connectivity index (χ2v) is 9.47. The van der Waals surface area contributed by atoms with E-state index in [1.54, 1.807) is 12.4 Å². The number of aromatic amines is 1. The lowest BCUT2D eigenvalue weighted by atomic mass is 10.0. The number of rotatable bonds is 8. The Morgan fingerprint density at radius 1 is 1.19 bits per heavy atom. The van der Waals surface area contributed by atoms with Gasteiger partial charge in [-0.3, -0.25) is 14.6 Å². The molecule has 0 radical (unpaired) electrons. The van der Waals surface area contributed by atoms with Gasteiger partial charge in [-0.1, -0.05) is 18.2 Å². The average molecular weight is 506 g/mol. The number of fused-ring (bicyclic) bond motifs is 1. The number of aromatic nitrogens is 2. The molecule has 0 saturated carbocycles. The predicted molar refractivity (Wildman–Crippen MR) is 137 cm³/mol. The van der Waals surface area contributed by atoms with Crippen LogP contribution in [0.25, 0.3) is 10.9 Å². The van der Waals surface area contributed by atoms with Crippen molar-refractivity contribution in [2.24, 2.45) is 0 Å². The van der Waals surface area contributed by atoms with Crippen molar-refractivity contribution in [2.45, 2.75) is 49.9 Å². The number of amides is 1. The number of hydrogen-bond acceptors (Lipinski definition) is 8. The Balaban J connectivity index is 1.33. The lowest BCUT2D eigenvalue weighted by Crippen LogP contribution is -2.50. The van der Waals surface area contributed by atoms with Crippen molar-refractivity contribution in [3.05, 3.63) is 60.6 Å². The third-order valence-electron chi connectivity index (χ3n) is 7.09. The number of hydrogen-bond donors (Lipinski definition) is 3. The molecule has 1 amide bonds. The summed E-state index contributed by atoms with van der Waals surface area (Å²) in [5, 5.41) is 7.04. The molecule has 3 N–H and O–H groups in total. The lowest BCUT2D eigenvalue weighted by Gasteiger charge is -2.27. The predicted octanol–water partition coefficient (Wildman–Crippen LogP) is 1.71. The summed E-state index contributed by atoms with van der Waals surface area (Å²) in [7, 11) is 1.31. The highest BCUT2D eigenvalue weighted by Gasteiger charge is 2.41. The molecule has 10 heteroatoms. The maximum absolute atomic E-state index is 13.6. The summed E-state index contributed by atoms with van der Waals surface area (Å²) in [5.74, 6) is -1.14. The summed E-state index contributed by atoms with van der Waals surface area (Å²) < 4.78 is 10.8. The standard InChI is InChI=1S/C27H31N5O5/c1-36-26(34)23(13-17-15-30-21-6-3-2-5-20(17)21)31-25(33)24-14-19(37-27(35)22-7-4-10-29-22)16-32(24)18-8-11-28-12-9-18/h2-3,5-6,8-9,11-12,15,19,22-24,29-30H,4,7,10,13-14,16H2,1H3,(H,31,33)/t19?,22-,23+,24+/m1/s1. The van der Waals surface area contributed by atoms with Gasteiger partial charge in [0.05, 0.1) is 13.7 Å². The van der Waals surface area contributed by atoms with Crippen molar-refractivity contribution >= 4 is 34.4 Å². The maximum Gasteiger partial charge on any atom is 0.328 e. The van der Waals surface area contributed by atoms with Gasteiger partial charge in [-0.05, 0) is 43.1 Å². The van der Waals surface area contributed by atoms with Crippen LogP contribution in [-0.2, 0) is 30.3 Å². The molecule has 2 fully saturated rings. The van der Waals surface area contributed by atoms with E-state index in [1.807, 2.05) is 47.5 Å². The molecular formula is C27H31N5O5. The van der Waals surface area contributed by atoms with E-state index in [0.717, 1.165) is 41.5 Å². The molecule has 2 aliphatic heterocycles. The Morgan fingerprint density at radius 2 is 2.00 bits per heavy atom. The van der Waals surface area contributed by atoms with Crippen molar-refractivity contribution in [1.82, 2.24) is 20.6 Å². The van der Waals surface area contributed by atoms with Crippen LogP contribution in [0.15, 0.2) is 55.0 Å². The Labute approximate surface area is 214 Å². The summed E-state index contributed by atoms with van der Waals surface area (Å²) in [6, 6.07) is 9.60. The van der Waals surface area contributed by atoms with Crippen molar-refractivity contribution in [1.29, 1.82) is 0 Å². The van der Waals surface area contributed by atoms with Crippen LogP contribution in [0.4, 0.5) is 5.69 Å². The third kappa shape index (κ3) is 5.43. The number of H-pyrrole nitrogens is 1. The first-order chi connectivity index (χ1) is 18.0. The van der Waals surface area contributed by atoms with Crippen molar-refractivity contribution < 1.29 is 23.9 Å². The number of methoxy groups -OCH3 is 1. The average Bonchev–Trinajstić information content (AvgIpc) is 3.69. The maximum atomic E-state index is 13.6. The Kier molecular flexibility index (Phi) is 7.36. The third-order valence-corrected chi connectivity index (χ3v) is 7.09. The first-order valence-corrected chi connectivity index (χ1v) is 12.6. The number of ether oxygens (including phenoxy) is 2. The Hall–Kier alpha value is -3.92. The topological polar surface area (TPSA) is 126 Å². The SMILES string of the molecule is COC(=O)[C@H](Cc1c[nH]c2ccccc12)NC(=O)[C@@H]1CC(OC(=O)[C@H]2CCCN2)CN1c1ccncc1. The number of carbonyl (C=O) groups excluding carboxylic acids is 3. The molecule has 0 aliphatic carbocycles. The van der Waals surface area contributed by atoms with Gasteiger partial charge in [-0.15, -0.1) is 0 Å². The molecule has 1 aromatic carbocycles. The van der Waals surface area contributed by atoms with E-state index in [1.165, 1.54) is 7.11 Å². The highest BCUT2D eigenvalue weighted by Crippen LogP contribution is 2.28. The van der Waals surface area contributed by atoms with Crippen LogP contribution in [0.5, 0.6) is 0 Å². The van der Waals surface area contributed by atoms with Gasteiger partial charge in [0.25, 0.3) is 0 Å². The van der Waals surface area contributed by atoms with Gasteiger partial charge < -0.3 is 30.0 Å². The van der Waals surface area contributed by atoms with E-state index in [-0.39, 0.29) is 24.3 Å². The van der Waals surface area contributed by atoms with Gasteiger partial charge in [-0.25, -0.2) is 4.79 Å². The molecular weight excluding hydrogens is 474 g/mol. The highest BCUT2D eigenvalue weighted by atomic mass is 16.5. The number of carbonyl (C=O) groups is 3. The van der Waals surface area contributed by atoms with Crippen LogP contribution in [0, 0.1) is 0 Å². The molecule has 0 spiro atoms. The van der Waals surface area contributed by atoms with Gasteiger partial charge in [0.1, 0.15) is 24.2 Å². The minimum absolute atomic E-state index is 0.274. The lowest BCUT2D eigenvalue weighted by molar-refractivity contribution is -0.150. The smallest absolute Gasteiger partial charge is 0.328 e. The molecule has 0 bridgehead atoms. The minimum atomic E-state index is -0.875. The normalized spacial score (nSPS) is 22.1. The summed E-state index contributed by atoms with van der Waals surface area (Å²) >= 11 is 0. The molecule has 2 aromatic heterocycles. The zero-order valence-electron chi connectivity index (χ0n) is 20.7. The van der Waals surface area contributed by atoms with Crippen molar-refractivity contribution in [3.8, 4) is 0 Å². The molecule has 3 aromatic rings. The van der Waals surface area contributed by atoms with Crippen LogP contribution < -0.4 is 15.5 Å². The number of pyridine rings is 1. The van der Waals surface area contributed by atoms with Gasteiger partial charge >= 0.3 is 11.9 Å². The van der Waals surface area contributed by atoms with E-state index in [4.69, 9.17) is 9.47 Å². The summed E-state index contributed by atoms with van der Waals surface area (Å²) in [5.41, 5.74) is 2.65. The second kappa shape index (κ2) is 11.0. The molecule has 1 unspecified atom stereocenters. The number of anilines is 1.